The molecule has 1 aromatic rings. The Bertz CT molecular complexity index is 417. The fourth-order valence-electron chi connectivity index (χ4n) is 3.04. The number of nitrogens with zero attached hydrogens (tertiary/aromatic N) is 1. The molecule has 0 aliphatic carbocycles. The molecule has 1 heterocycles. The van der Waals surface area contributed by atoms with Gasteiger partial charge < -0.3 is 10.2 Å². The van der Waals surface area contributed by atoms with E-state index in [0.29, 0.717) is 5.92 Å². The fourth-order valence-corrected chi connectivity index (χ4v) is 3.04. The van der Waals surface area contributed by atoms with Crippen molar-refractivity contribution in [1.29, 1.82) is 0 Å². The number of nitrogens with one attached hydrogen (secondary N) is 1. The summed E-state index contributed by atoms with van der Waals surface area (Å²) in [6.07, 6.45) is 2.73. The van der Waals surface area contributed by atoms with Gasteiger partial charge in [0.2, 0.25) is 0 Å². The predicted molar refractivity (Wildman–Crippen MR) is 88.6 cm³/mol. The van der Waals surface area contributed by atoms with Crippen molar-refractivity contribution in [2.24, 2.45) is 5.92 Å². The molecule has 0 atom stereocenters. The Kier molecular flexibility index (Phi) is 5.47. The molecule has 1 saturated heterocycles. The smallest absolute Gasteiger partial charge is 0.0405 e. The average Bonchev–Trinajstić information content (AvgIpc) is 2.42. The van der Waals surface area contributed by atoms with Crippen molar-refractivity contribution in [1.82, 2.24) is 4.90 Å². The summed E-state index contributed by atoms with van der Waals surface area (Å²) in [6.45, 7) is 13.9. The molecular weight excluding hydrogens is 244 g/mol. The van der Waals surface area contributed by atoms with Crippen LogP contribution in [0.3, 0.4) is 0 Å². The van der Waals surface area contributed by atoms with E-state index in [9.17, 15) is 0 Å². The van der Waals surface area contributed by atoms with Gasteiger partial charge in [-0.25, -0.2) is 0 Å². The molecule has 2 rings (SSSR count). The normalized spacial score (nSPS) is 17.6. The lowest BCUT2D eigenvalue weighted by atomic mass is 9.98. The molecule has 20 heavy (non-hydrogen) atoms. The molecule has 2 nitrogen and oxygen atoms in total. The van der Waals surface area contributed by atoms with Crippen LogP contribution in [0.4, 0.5) is 5.69 Å². The molecule has 0 spiro atoms. The van der Waals surface area contributed by atoms with Gasteiger partial charge in [0.15, 0.2) is 0 Å². The maximum atomic E-state index is 3.68. The minimum atomic E-state index is 0.577. The highest BCUT2D eigenvalue weighted by Crippen LogP contribution is 2.27. The molecule has 1 N–H and O–H groups in total. The van der Waals surface area contributed by atoms with Crippen LogP contribution in [0, 0.1) is 12.8 Å². The van der Waals surface area contributed by atoms with E-state index in [1.165, 1.54) is 49.3 Å². The number of anilines is 1. The highest BCUT2D eigenvalue weighted by Gasteiger charge is 2.15. The van der Waals surface area contributed by atoms with Crippen molar-refractivity contribution in [2.75, 3.05) is 31.5 Å². The van der Waals surface area contributed by atoms with E-state index in [0.717, 1.165) is 12.5 Å². The third-order valence-electron chi connectivity index (χ3n) is 4.53. The number of para-hydroxylation sites is 1. The van der Waals surface area contributed by atoms with Gasteiger partial charge in [0.1, 0.15) is 0 Å². The molecule has 0 bridgehead atoms. The molecule has 0 amide bonds. The van der Waals surface area contributed by atoms with Crippen LogP contribution >= 0.6 is 0 Å². The molecule has 1 fully saturated rings. The molecular formula is C18H30N2. The van der Waals surface area contributed by atoms with E-state index in [2.05, 4.69) is 56.1 Å². The van der Waals surface area contributed by atoms with E-state index >= 15 is 0 Å². The number of hydrogen-bond acceptors (Lipinski definition) is 2. The zero-order valence-electron chi connectivity index (χ0n) is 13.6. The lowest BCUT2D eigenvalue weighted by Gasteiger charge is -2.30. The quantitative estimate of drug-likeness (QED) is 0.863. The Morgan fingerprint density at radius 2 is 1.95 bits per heavy atom. The Labute approximate surface area is 124 Å². The zero-order valence-corrected chi connectivity index (χ0v) is 13.6. The number of likely N-dealkylation sites (tertiary alicyclic amines) is 1. The van der Waals surface area contributed by atoms with Crippen molar-refractivity contribution in [3.05, 3.63) is 29.3 Å². The molecule has 0 unspecified atom stereocenters. The monoisotopic (exact) mass is 274 g/mol. The topological polar surface area (TPSA) is 15.3 Å². The molecule has 1 aliphatic rings. The molecule has 1 aliphatic heterocycles. The Morgan fingerprint density at radius 1 is 1.25 bits per heavy atom. The molecule has 0 aromatic heterocycles. The van der Waals surface area contributed by atoms with Crippen molar-refractivity contribution < 1.29 is 0 Å². The minimum absolute atomic E-state index is 0.577. The number of aryl methyl sites for hydroxylation is 1. The van der Waals surface area contributed by atoms with E-state index < -0.39 is 0 Å². The summed E-state index contributed by atoms with van der Waals surface area (Å²) in [5, 5.41) is 3.68. The number of benzene rings is 1. The molecule has 0 radical (unpaired) electrons. The van der Waals surface area contributed by atoms with Gasteiger partial charge in [-0.15, -0.1) is 0 Å². The first kappa shape index (κ1) is 15.4. The maximum absolute atomic E-state index is 3.68. The second kappa shape index (κ2) is 7.12. The highest BCUT2D eigenvalue weighted by molar-refractivity contribution is 5.58. The summed E-state index contributed by atoms with van der Waals surface area (Å²) < 4.78 is 0. The predicted octanol–water partition coefficient (Wildman–Crippen LogP) is 4.26. The summed E-state index contributed by atoms with van der Waals surface area (Å²) >= 11 is 0. The van der Waals surface area contributed by atoms with Gasteiger partial charge in [0, 0.05) is 18.8 Å². The molecule has 1 aromatic carbocycles. The van der Waals surface area contributed by atoms with Crippen molar-refractivity contribution >= 4 is 5.69 Å². The van der Waals surface area contributed by atoms with E-state index in [1.807, 2.05) is 0 Å². The van der Waals surface area contributed by atoms with Crippen molar-refractivity contribution in [3.8, 4) is 0 Å². The summed E-state index contributed by atoms with van der Waals surface area (Å²) in [7, 11) is 0. The van der Waals surface area contributed by atoms with Crippen LogP contribution in [0.15, 0.2) is 18.2 Å². The van der Waals surface area contributed by atoms with E-state index in [-0.39, 0.29) is 0 Å². The van der Waals surface area contributed by atoms with Gasteiger partial charge in [-0.1, -0.05) is 39.0 Å². The SMILES string of the molecule is Cc1cccc(C(C)C)c1NCCN1CCC(C)CC1. The van der Waals surface area contributed by atoms with Crippen LogP contribution in [-0.4, -0.2) is 31.1 Å². The zero-order chi connectivity index (χ0) is 14.5. The number of rotatable bonds is 5. The van der Waals surface area contributed by atoms with Crippen LogP contribution in [-0.2, 0) is 0 Å². The van der Waals surface area contributed by atoms with Gasteiger partial charge in [0.25, 0.3) is 0 Å². The lowest BCUT2D eigenvalue weighted by Crippen LogP contribution is -2.36. The van der Waals surface area contributed by atoms with Gasteiger partial charge in [0.05, 0.1) is 0 Å². The molecule has 112 valence electrons. The van der Waals surface area contributed by atoms with E-state index in [4.69, 9.17) is 0 Å². The first-order valence-corrected chi connectivity index (χ1v) is 8.13. The maximum Gasteiger partial charge on any atom is 0.0405 e. The minimum Gasteiger partial charge on any atom is -0.383 e. The van der Waals surface area contributed by atoms with Gasteiger partial charge in [-0.2, -0.15) is 0 Å². The van der Waals surface area contributed by atoms with Gasteiger partial charge in [-0.05, 0) is 55.8 Å². The Morgan fingerprint density at radius 3 is 2.60 bits per heavy atom. The molecule has 0 saturated carbocycles. The fraction of sp³-hybridized carbons (Fsp3) is 0.667. The Balaban J connectivity index is 1.88. The van der Waals surface area contributed by atoms with E-state index in [1.54, 1.807) is 0 Å². The average molecular weight is 274 g/mol. The van der Waals surface area contributed by atoms with Crippen LogP contribution in [0.25, 0.3) is 0 Å². The summed E-state index contributed by atoms with van der Waals surface area (Å²) in [6, 6.07) is 6.63. The van der Waals surface area contributed by atoms with Crippen molar-refractivity contribution in [3.63, 3.8) is 0 Å². The Hall–Kier alpha value is -1.02. The second-order valence-electron chi connectivity index (χ2n) is 6.64. The number of piperidine rings is 1. The van der Waals surface area contributed by atoms with Gasteiger partial charge >= 0.3 is 0 Å². The molecule has 2 heteroatoms. The van der Waals surface area contributed by atoms with Crippen LogP contribution in [0.1, 0.15) is 50.7 Å². The first-order chi connectivity index (χ1) is 9.58. The third kappa shape index (κ3) is 3.99. The standard InChI is InChI=1S/C18H30N2/c1-14(2)17-7-5-6-16(4)18(17)19-10-13-20-11-8-15(3)9-12-20/h5-7,14-15,19H,8-13H2,1-4H3. The van der Waals surface area contributed by atoms with Gasteiger partial charge in [-0.3, -0.25) is 0 Å². The second-order valence-corrected chi connectivity index (χ2v) is 6.64. The summed E-state index contributed by atoms with van der Waals surface area (Å²) in [5.41, 5.74) is 4.16. The van der Waals surface area contributed by atoms with Crippen LogP contribution in [0.2, 0.25) is 0 Å². The third-order valence-corrected chi connectivity index (χ3v) is 4.53. The highest BCUT2D eigenvalue weighted by atomic mass is 15.1. The van der Waals surface area contributed by atoms with Crippen LogP contribution < -0.4 is 5.32 Å². The largest absolute Gasteiger partial charge is 0.383 e. The lowest BCUT2D eigenvalue weighted by molar-refractivity contribution is 0.199. The number of hydrogen-bond donors (Lipinski definition) is 1. The summed E-state index contributed by atoms with van der Waals surface area (Å²) in [5.74, 6) is 1.50. The first-order valence-electron chi connectivity index (χ1n) is 8.13. The summed E-state index contributed by atoms with van der Waals surface area (Å²) in [4.78, 5) is 2.60. The van der Waals surface area contributed by atoms with Crippen molar-refractivity contribution in [2.45, 2.75) is 46.5 Å². The van der Waals surface area contributed by atoms with Crippen LogP contribution in [0.5, 0.6) is 0 Å².